The zero-order valence-electron chi connectivity index (χ0n) is 10.5. The van der Waals surface area contributed by atoms with Crippen LogP contribution in [0, 0.1) is 11.6 Å². The number of rotatable bonds is 2. The first-order valence-corrected chi connectivity index (χ1v) is 6.24. The molecule has 5 nitrogen and oxygen atoms in total. The first-order valence-electron chi connectivity index (χ1n) is 5.86. The fourth-order valence-electron chi connectivity index (χ4n) is 1.94. The third-order valence-corrected chi connectivity index (χ3v) is 3.19. The van der Waals surface area contributed by atoms with E-state index >= 15 is 0 Å². The fraction of sp³-hybridized carbons (Fsp3) is 0. The Morgan fingerprint density at radius 1 is 1.14 bits per heavy atom. The molecule has 0 aliphatic carbocycles. The second kappa shape index (κ2) is 5.10. The number of nitrogen functional groups attached to an aromatic ring is 1. The normalized spacial score (nSPS) is 10.8. The molecule has 8 heteroatoms. The molecular weight excluding hydrogens is 300 g/mol. The Kier molecular flexibility index (Phi) is 3.26. The molecule has 3 rings (SSSR count). The van der Waals surface area contributed by atoms with Crippen LogP contribution in [0.4, 0.5) is 14.5 Å². The number of halogens is 3. The highest BCUT2D eigenvalue weighted by Gasteiger charge is 2.18. The number of anilines is 1. The van der Waals surface area contributed by atoms with Gasteiger partial charge in [0.2, 0.25) is 0 Å². The van der Waals surface area contributed by atoms with Crippen molar-refractivity contribution in [3.63, 3.8) is 0 Å². The lowest BCUT2D eigenvalue weighted by Gasteiger charge is -2.09. The third kappa shape index (κ3) is 2.31. The Labute approximate surface area is 123 Å². The van der Waals surface area contributed by atoms with Crippen LogP contribution < -0.4 is 5.73 Å². The highest BCUT2D eigenvalue weighted by Crippen LogP contribution is 2.32. The van der Waals surface area contributed by atoms with Crippen LogP contribution in [0.5, 0.6) is 0 Å². The first-order chi connectivity index (χ1) is 10.1. The summed E-state index contributed by atoms with van der Waals surface area (Å²) in [6.07, 6.45) is 0. The van der Waals surface area contributed by atoms with Crippen LogP contribution in [-0.4, -0.2) is 20.2 Å². The van der Waals surface area contributed by atoms with Gasteiger partial charge in [-0.3, -0.25) is 0 Å². The average molecular weight is 308 g/mol. The van der Waals surface area contributed by atoms with Gasteiger partial charge in [-0.05, 0) is 34.7 Å². The quantitative estimate of drug-likeness (QED) is 0.739. The van der Waals surface area contributed by atoms with Crippen molar-refractivity contribution in [2.24, 2.45) is 0 Å². The van der Waals surface area contributed by atoms with Crippen molar-refractivity contribution >= 4 is 17.3 Å². The van der Waals surface area contributed by atoms with E-state index in [2.05, 4.69) is 15.5 Å². The van der Waals surface area contributed by atoms with E-state index in [1.807, 2.05) is 0 Å². The van der Waals surface area contributed by atoms with Gasteiger partial charge in [0.05, 0.1) is 10.6 Å². The van der Waals surface area contributed by atoms with Gasteiger partial charge in [0.1, 0.15) is 11.5 Å². The topological polar surface area (TPSA) is 69.6 Å². The van der Waals surface area contributed by atoms with Gasteiger partial charge in [0, 0.05) is 11.8 Å². The molecule has 0 bridgehead atoms. The van der Waals surface area contributed by atoms with Crippen LogP contribution in [0.2, 0.25) is 5.02 Å². The van der Waals surface area contributed by atoms with Crippen LogP contribution >= 0.6 is 11.6 Å². The minimum atomic E-state index is -0.797. The van der Waals surface area contributed by atoms with Gasteiger partial charge in [-0.2, -0.15) is 4.68 Å². The van der Waals surface area contributed by atoms with Crippen LogP contribution in [0.25, 0.3) is 17.1 Å². The first kappa shape index (κ1) is 13.4. The zero-order valence-corrected chi connectivity index (χ0v) is 11.2. The van der Waals surface area contributed by atoms with Crippen LogP contribution in [0.1, 0.15) is 0 Å². The van der Waals surface area contributed by atoms with Gasteiger partial charge < -0.3 is 5.73 Å². The molecule has 0 amide bonds. The minimum absolute atomic E-state index is 0.00396. The fourth-order valence-corrected chi connectivity index (χ4v) is 2.20. The molecule has 2 aromatic carbocycles. The summed E-state index contributed by atoms with van der Waals surface area (Å²) in [4.78, 5) is 0. The van der Waals surface area contributed by atoms with E-state index in [0.717, 1.165) is 16.8 Å². The van der Waals surface area contributed by atoms with E-state index in [-0.39, 0.29) is 11.5 Å². The molecule has 1 heterocycles. The zero-order chi connectivity index (χ0) is 15.0. The molecule has 106 valence electrons. The summed E-state index contributed by atoms with van der Waals surface area (Å²) in [5, 5.41) is 11.4. The maximum absolute atomic E-state index is 13.9. The maximum atomic E-state index is 13.9. The number of tetrazole rings is 1. The number of benzene rings is 2. The Morgan fingerprint density at radius 2 is 1.95 bits per heavy atom. The highest BCUT2D eigenvalue weighted by atomic mass is 35.5. The van der Waals surface area contributed by atoms with Crippen molar-refractivity contribution < 1.29 is 8.78 Å². The van der Waals surface area contributed by atoms with Crippen molar-refractivity contribution in [2.75, 3.05) is 5.73 Å². The standard InChI is InChI=1S/C13H8ClF2N5/c14-8-2-1-3-10(17)12(8)13-18-19-20-21(13)11-5-4-7(15)6-9(11)16/h1-6H,17H2. The largest absolute Gasteiger partial charge is 0.398 e. The van der Waals surface area contributed by atoms with Gasteiger partial charge >= 0.3 is 0 Å². The number of hydrogen-bond donors (Lipinski definition) is 1. The second-order valence-corrected chi connectivity index (χ2v) is 4.62. The smallest absolute Gasteiger partial charge is 0.190 e. The monoisotopic (exact) mass is 307 g/mol. The second-order valence-electron chi connectivity index (χ2n) is 4.21. The molecule has 2 N–H and O–H groups in total. The lowest BCUT2D eigenvalue weighted by atomic mass is 10.1. The third-order valence-electron chi connectivity index (χ3n) is 2.88. The number of hydrogen-bond acceptors (Lipinski definition) is 4. The Morgan fingerprint density at radius 3 is 2.67 bits per heavy atom. The summed E-state index contributed by atoms with van der Waals surface area (Å²) in [6, 6.07) is 8.01. The van der Waals surface area contributed by atoms with Gasteiger partial charge in [-0.15, -0.1) is 5.10 Å². The van der Waals surface area contributed by atoms with Gasteiger partial charge in [-0.1, -0.05) is 17.7 Å². The van der Waals surface area contributed by atoms with Crippen molar-refractivity contribution in [1.82, 2.24) is 20.2 Å². The summed E-state index contributed by atoms with van der Waals surface area (Å²) in [7, 11) is 0. The predicted molar refractivity (Wildman–Crippen MR) is 73.9 cm³/mol. The molecule has 0 aliphatic rings. The summed E-state index contributed by atoms with van der Waals surface area (Å²) < 4.78 is 28.0. The molecule has 0 radical (unpaired) electrons. The molecule has 0 saturated carbocycles. The predicted octanol–water partition coefficient (Wildman–Crippen LogP) is 2.84. The molecular formula is C13H8ClF2N5. The Balaban J connectivity index is 2.22. The number of nitrogens with zero attached hydrogens (tertiary/aromatic N) is 4. The summed E-state index contributed by atoms with van der Waals surface area (Å²) in [6.45, 7) is 0. The van der Waals surface area contributed by atoms with Crippen molar-refractivity contribution in [3.05, 3.63) is 53.1 Å². The SMILES string of the molecule is Nc1cccc(Cl)c1-c1nnnn1-c1ccc(F)cc1F. The van der Waals surface area contributed by atoms with Crippen molar-refractivity contribution in [2.45, 2.75) is 0 Å². The molecule has 0 saturated heterocycles. The Hall–Kier alpha value is -2.54. The van der Waals surface area contributed by atoms with Gasteiger partial charge in [0.25, 0.3) is 0 Å². The molecule has 0 spiro atoms. The van der Waals surface area contributed by atoms with E-state index in [1.54, 1.807) is 18.2 Å². The minimum Gasteiger partial charge on any atom is -0.398 e. The van der Waals surface area contributed by atoms with Crippen molar-refractivity contribution in [3.8, 4) is 17.1 Å². The lowest BCUT2D eigenvalue weighted by Crippen LogP contribution is -2.04. The van der Waals surface area contributed by atoms with Crippen LogP contribution in [-0.2, 0) is 0 Å². The van der Waals surface area contributed by atoms with E-state index in [0.29, 0.717) is 16.3 Å². The van der Waals surface area contributed by atoms with E-state index < -0.39 is 11.6 Å². The summed E-state index contributed by atoms with van der Waals surface area (Å²) in [5.41, 5.74) is 6.60. The van der Waals surface area contributed by atoms with E-state index in [9.17, 15) is 8.78 Å². The summed E-state index contributed by atoms with van der Waals surface area (Å²) in [5.74, 6) is -1.32. The molecule has 0 fully saturated rings. The molecule has 3 aromatic rings. The summed E-state index contributed by atoms with van der Waals surface area (Å²) >= 11 is 6.10. The molecule has 0 aliphatic heterocycles. The van der Waals surface area contributed by atoms with E-state index in [4.69, 9.17) is 17.3 Å². The lowest BCUT2D eigenvalue weighted by molar-refractivity contribution is 0.572. The average Bonchev–Trinajstić information content (AvgIpc) is 2.87. The number of nitrogens with two attached hydrogens (primary N) is 1. The van der Waals surface area contributed by atoms with E-state index in [1.165, 1.54) is 6.07 Å². The van der Waals surface area contributed by atoms with Crippen LogP contribution in [0.3, 0.4) is 0 Å². The van der Waals surface area contributed by atoms with Gasteiger partial charge in [-0.25, -0.2) is 8.78 Å². The van der Waals surface area contributed by atoms with Crippen LogP contribution in [0.15, 0.2) is 36.4 Å². The highest BCUT2D eigenvalue weighted by molar-refractivity contribution is 6.33. The molecule has 0 atom stereocenters. The molecule has 0 unspecified atom stereocenters. The van der Waals surface area contributed by atoms with Gasteiger partial charge in [0.15, 0.2) is 11.6 Å². The number of aromatic nitrogens is 4. The van der Waals surface area contributed by atoms with Crippen molar-refractivity contribution in [1.29, 1.82) is 0 Å². The molecule has 21 heavy (non-hydrogen) atoms. The maximum Gasteiger partial charge on any atom is 0.190 e. The molecule has 1 aromatic heterocycles. The Bertz CT molecular complexity index is 798.